The zero-order chi connectivity index (χ0) is 13.1. The summed E-state index contributed by atoms with van der Waals surface area (Å²) in [7, 11) is 0. The van der Waals surface area contributed by atoms with Gasteiger partial charge in [0, 0.05) is 11.4 Å². The molecule has 0 aliphatic carbocycles. The van der Waals surface area contributed by atoms with Crippen LogP contribution in [0.4, 0.5) is 0 Å². The number of benzene rings is 1. The quantitative estimate of drug-likeness (QED) is 0.812. The molecule has 1 aromatic carbocycles. The fraction of sp³-hybridized carbons (Fsp3) is 0.250. The first-order chi connectivity index (χ1) is 8.56. The number of carbonyl (C=O) groups is 1. The van der Waals surface area contributed by atoms with Gasteiger partial charge in [0.25, 0.3) is 5.89 Å². The van der Waals surface area contributed by atoms with Crippen molar-refractivity contribution in [1.82, 2.24) is 10.2 Å². The number of ether oxygens (including phenoxy) is 1. The number of halogens is 1. The lowest BCUT2D eigenvalue weighted by Gasteiger charge is -2.08. The van der Waals surface area contributed by atoms with Crippen LogP contribution >= 0.6 is 15.9 Å². The van der Waals surface area contributed by atoms with Crippen LogP contribution in [0.15, 0.2) is 27.1 Å². The molecule has 6 heteroatoms. The summed E-state index contributed by atoms with van der Waals surface area (Å²) in [6.45, 7) is 3.34. The Morgan fingerprint density at radius 2 is 2.22 bits per heavy atom. The third kappa shape index (κ3) is 2.95. The number of Topliss-reactive ketones (excluding diaryl/α,β-unsaturated/α-hetero) is 1. The highest BCUT2D eigenvalue weighted by molar-refractivity contribution is 9.10. The van der Waals surface area contributed by atoms with E-state index in [1.807, 2.05) is 0 Å². The van der Waals surface area contributed by atoms with E-state index in [-0.39, 0.29) is 12.4 Å². The second kappa shape index (κ2) is 5.30. The summed E-state index contributed by atoms with van der Waals surface area (Å²) in [5, 5.41) is 7.52. The average Bonchev–Trinajstić information content (AvgIpc) is 2.73. The molecule has 0 radical (unpaired) electrons. The summed E-state index contributed by atoms with van der Waals surface area (Å²) in [5.74, 6) is 1.30. The predicted molar refractivity (Wildman–Crippen MR) is 67.5 cm³/mol. The standard InChI is InChI=1S/C12H11BrN2O3/c1-7(16)10-5-9(13)3-4-11(10)17-6-12-15-14-8(2)18-12/h3-5H,6H2,1-2H3. The molecule has 18 heavy (non-hydrogen) atoms. The van der Waals surface area contributed by atoms with Crippen LogP contribution in [-0.4, -0.2) is 16.0 Å². The minimum absolute atomic E-state index is 0.0620. The average molecular weight is 311 g/mol. The molecular weight excluding hydrogens is 300 g/mol. The van der Waals surface area contributed by atoms with Gasteiger partial charge in [-0.3, -0.25) is 4.79 Å². The van der Waals surface area contributed by atoms with Crippen LogP contribution in [0.1, 0.15) is 29.1 Å². The number of nitrogens with zero attached hydrogens (tertiary/aromatic N) is 2. The molecule has 0 bridgehead atoms. The lowest BCUT2D eigenvalue weighted by Crippen LogP contribution is -2.02. The Bertz CT molecular complexity index is 580. The minimum atomic E-state index is -0.0620. The molecule has 0 amide bonds. The van der Waals surface area contributed by atoms with Crippen molar-refractivity contribution in [2.24, 2.45) is 0 Å². The van der Waals surface area contributed by atoms with Gasteiger partial charge in [-0.25, -0.2) is 0 Å². The van der Waals surface area contributed by atoms with E-state index < -0.39 is 0 Å². The molecule has 0 aliphatic rings. The molecule has 5 nitrogen and oxygen atoms in total. The molecule has 2 aromatic rings. The number of aryl methyl sites for hydroxylation is 1. The molecular formula is C12H11BrN2O3. The fourth-order valence-corrected chi connectivity index (χ4v) is 1.80. The summed E-state index contributed by atoms with van der Waals surface area (Å²) in [6.07, 6.45) is 0. The molecule has 0 atom stereocenters. The molecule has 0 N–H and O–H groups in total. The van der Waals surface area contributed by atoms with Gasteiger partial charge in [-0.15, -0.1) is 10.2 Å². The first-order valence-corrected chi connectivity index (χ1v) is 6.08. The molecule has 2 rings (SSSR count). The third-order valence-corrected chi connectivity index (χ3v) is 2.73. The van der Waals surface area contributed by atoms with E-state index in [1.54, 1.807) is 25.1 Å². The Labute approximate surface area is 112 Å². The molecule has 0 spiro atoms. The molecule has 0 saturated heterocycles. The largest absolute Gasteiger partial charge is 0.483 e. The summed E-state index contributed by atoms with van der Waals surface area (Å²) >= 11 is 3.32. The highest BCUT2D eigenvalue weighted by Gasteiger charge is 2.11. The number of rotatable bonds is 4. The van der Waals surface area contributed by atoms with Crippen LogP contribution in [0.25, 0.3) is 0 Å². The van der Waals surface area contributed by atoms with Crippen molar-refractivity contribution in [3.63, 3.8) is 0 Å². The first kappa shape index (κ1) is 12.8. The van der Waals surface area contributed by atoms with Gasteiger partial charge < -0.3 is 9.15 Å². The van der Waals surface area contributed by atoms with E-state index in [1.165, 1.54) is 6.92 Å². The van der Waals surface area contributed by atoms with Crippen molar-refractivity contribution < 1.29 is 13.9 Å². The van der Waals surface area contributed by atoms with Gasteiger partial charge in [-0.2, -0.15) is 0 Å². The maximum atomic E-state index is 11.5. The van der Waals surface area contributed by atoms with Crippen molar-refractivity contribution >= 4 is 21.7 Å². The predicted octanol–water partition coefficient (Wildman–Crippen LogP) is 2.92. The smallest absolute Gasteiger partial charge is 0.253 e. The van der Waals surface area contributed by atoms with Gasteiger partial charge in [0.15, 0.2) is 12.4 Å². The molecule has 0 aliphatic heterocycles. The molecule has 94 valence electrons. The maximum absolute atomic E-state index is 11.5. The van der Waals surface area contributed by atoms with E-state index in [0.29, 0.717) is 23.1 Å². The van der Waals surface area contributed by atoms with Crippen LogP contribution < -0.4 is 4.74 Å². The van der Waals surface area contributed by atoms with Gasteiger partial charge in [-0.1, -0.05) is 15.9 Å². The van der Waals surface area contributed by atoms with E-state index >= 15 is 0 Å². The third-order valence-electron chi connectivity index (χ3n) is 2.24. The van der Waals surface area contributed by atoms with Crippen LogP contribution in [0.2, 0.25) is 0 Å². The highest BCUT2D eigenvalue weighted by Crippen LogP contribution is 2.24. The van der Waals surface area contributed by atoms with Gasteiger partial charge in [-0.05, 0) is 25.1 Å². The number of hydrogen-bond donors (Lipinski definition) is 0. The van der Waals surface area contributed by atoms with Crippen LogP contribution in [0.5, 0.6) is 5.75 Å². The fourth-order valence-electron chi connectivity index (χ4n) is 1.44. The van der Waals surface area contributed by atoms with Crippen molar-refractivity contribution in [1.29, 1.82) is 0 Å². The van der Waals surface area contributed by atoms with Crippen molar-refractivity contribution in [2.45, 2.75) is 20.5 Å². The minimum Gasteiger partial charge on any atom is -0.483 e. The molecule has 1 aromatic heterocycles. The second-order valence-corrected chi connectivity index (χ2v) is 4.62. The first-order valence-electron chi connectivity index (χ1n) is 5.28. The van der Waals surface area contributed by atoms with Crippen molar-refractivity contribution in [2.75, 3.05) is 0 Å². The van der Waals surface area contributed by atoms with Gasteiger partial charge in [0.05, 0.1) is 5.56 Å². The van der Waals surface area contributed by atoms with E-state index in [2.05, 4.69) is 26.1 Å². The SMILES string of the molecule is CC(=O)c1cc(Br)ccc1OCc1nnc(C)o1. The van der Waals surface area contributed by atoms with Gasteiger partial charge in [0.1, 0.15) is 5.75 Å². The van der Waals surface area contributed by atoms with Crippen LogP contribution in [-0.2, 0) is 6.61 Å². The van der Waals surface area contributed by atoms with E-state index in [9.17, 15) is 4.79 Å². The molecule has 1 heterocycles. The number of aromatic nitrogens is 2. The Morgan fingerprint density at radius 1 is 1.44 bits per heavy atom. The monoisotopic (exact) mass is 310 g/mol. The van der Waals surface area contributed by atoms with Crippen molar-refractivity contribution in [3.05, 3.63) is 40.0 Å². The van der Waals surface area contributed by atoms with E-state index in [4.69, 9.17) is 9.15 Å². The number of ketones is 1. The Morgan fingerprint density at radius 3 is 2.83 bits per heavy atom. The summed E-state index contributed by atoms with van der Waals surface area (Å²) < 4.78 is 11.5. The highest BCUT2D eigenvalue weighted by atomic mass is 79.9. The zero-order valence-corrected chi connectivity index (χ0v) is 11.5. The lowest BCUT2D eigenvalue weighted by atomic mass is 10.1. The van der Waals surface area contributed by atoms with Gasteiger partial charge in [0.2, 0.25) is 5.89 Å². The number of hydrogen-bond acceptors (Lipinski definition) is 5. The topological polar surface area (TPSA) is 65.2 Å². The lowest BCUT2D eigenvalue weighted by molar-refractivity contribution is 0.101. The second-order valence-electron chi connectivity index (χ2n) is 3.70. The Hall–Kier alpha value is -1.69. The summed E-state index contributed by atoms with van der Waals surface area (Å²) in [4.78, 5) is 11.5. The zero-order valence-electron chi connectivity index (χ0n) is 9.94. The van der Waals surface area contributed by atoms with E-state index in [0.717, 1.165) is 4.47 Å². The Balaban J connectivity index is 2.16. The maximum Gasteiger partial charge on any atom is 0.253 e. The van der Waals surface area contributed by atoms with Gasteiger partial charge >= 0.3 is 0 Å². The van der Waals surface area contributed by atoms with Crippen molar-refractivity contribution in [3.8, 4) is 5.75 Å². The molecule has 0 saturated carbocycles. The Kier molecular flexibility index (Phi) is 3.76. The normalized spacial score (nSPS) is 10.4. The molecule has 0 unspecified atom stereocenters. The van der Waals surface area contributed by atoms with Crippen LogP contribution in [0.3, 0.4) is 0 Å². The summed E-state index contributed by atoms with van der Waals surface area (Å²) in [5.41, 5.74) is 0.514. The number of carbonyl (C=O) groups excluding carboxylic acids is 1. The summed E-state index contributed by atoms with van der Waals surface area (Å²) in [6, 6.07) is 5.25. The van der Waals surface area contributed by atoms with Crippen LogP contribution in [0, 0.1) is 6.92 Å². The molecule has 0 fully saturated rings.